The maximum atomic E-state index is 5.23. The smallest absolute Gasteiger partial charge is 0.177 e. The first-order valence-corrected chi connectivity index (χ1v) is 4.21. The Morgan fingerprint density at radius 3 is 2.33 bits per heavy atom. The Morgan fingerprint density at radius 1 is 1.08 bits per heavy atom. The average Bonchev–Trinajstić information content (AvgIpc) is 2.10. The first-order valence-electron chi connectivity index (χ1n) is 4.21. The van der Waals surface area contributed by atoms with Crippen LogP contribution in [0, 0.1) is 0 Å². The minimum atomic E-state index is 0.581. The number of nitrogens with two attached hydrogens (primary N) is 1. The monoisotopic (exact) mass is 172 g/mol. The second kappa shape index (κ2) is 10.9. The number of hydrogen-bond acceptors (Lipinski definition) is 4. The van der Waals surface area contributed by atoms with Gasteiger partial charge in [0.25, 0.3) is 0 Å². The Hall–Kier alpha value is -0.0951. The van der Waals surface area contributed by atoms with Gasteiger partial charge in [-0.3, -0.25) is 0 Å². The fourth-order valence-corrected chi connectivity index (χ4v) is 0.682. The van der Waals surface area contributed by atoms with Crippen LogP contribution in [0.1, 0.15) is 6.42 Å². The summed E-state index contributed by atoms with van der Waals surface area (Å²) in [5.74, 6) is 0. The molecule has 0 heterocycles. The van der Waals surface area contributed by atoms with Crippen molar-refractivity contribution in [1.82, 2.24) is 5.23 Å². The largest absolute Gasteiger partial charge is 0.380 e. The number of rotatable bonds is 9. The van der Waals surface area contributed by atoms with Crippen LogP contribution in [0.15, 0.2) is 0 Å². The van der Waals surface area contributed by atoms with Crippen molar-refractivity contribution in [3.8, 4) is 0 Å². The van der Waals surface area contributed by atoms with Gasteiger partial charge in [-0.2, -0.15) is 0 Å². The predicted octanol–water partition coefficient (Wildman–Crippen LogP) is -0.958. The molecule has 12 heavy (non-hydrogen) atoms. The van der Waals surface area contributed by atoms with Crippen molar-refractivity contribution in [2.45, 2.75) is 6.42 Å². The Kier molecular flexibility index (Phi) is 10.8. The Balaban J connectivity index is 2.73. The van der Waals surface area contributed by atoms with Gasteiger partial charge < -0.3 is 20.4 Å². The highest BCUT2D eigenvalue weighted by Gasteiger charge is 1.88. The van der Waals surface area contributed by atoms with Crippen molar-refractivity contribution in [3.63, 3.8) is 0 Å². The molecule has 0 rings (SSSR count). The maximum Gasteiger partial charge on any atom is 0.177 e. The minimum Gasteiger partial charge on any atom is -0.380 e. The average molecular weight is 172 g/mol. The van der Waals surface area contributed by atoms with E-state index in [0.29, 0.717) is 39.5 Å². The summed E-state index contributed by atoms with van der Waals surface area (Å²) in [5.41, 5.74) is 5.23. The van der Waals surface area contributed by atoms with Gasteiger partial charge in [-0.1, -0.05) is 0 Å². The Labute approximate surface area is 75.2 Å². The molecule has 0 aliphatic heterocycles. The van der Waals surface area contributed by atoms with E-state index in [2.05, 4.69) is 5.23 Å². The number of nitrogens with one attached hydrogen (secondary N) is 1. The quantitative estimate of drug-likeness (QED) is 0.347. The van der Waals surface area contributed by atoms with Gasteiger partial charge in [-0.05, 0) is 6.42 Å². The lowest BCUT2D eigenvalue weighted by Gasteiger charge is -2.04. The van der Waals surface area contributed by atoms with Crippen molar-refractivity contribution in [3.05, 3.63) is 0 Å². The van der Waals surface area contributed by atoms with Crippen molar-refractivity contribution >= 4 is 7.98 Å². The molecule has 0 fully saturated rings. The zero-order valence-corrected chi connectivity index (χ0v) is 7.42. The molecule has 70 valence electrons. The van der Waals surface area contributed by atoms with E-state index in [1.807, 2.05) is 0 Å². The SMILES string of the molecule is [B]NCCOCCCOCCN. The van der Waals surface area contributed by atoms with Gasteiger partial charge in [-0.15, -0.1) is 0 Å². The van der Waals surface area contributed by atoms with E-state index in [1.165, 1.54) is 0 Å². The molecule has 0 unspecified atom stereocenters. The second-order valence-electron chi connectivity index (χ2n) is 2.32. The van der Waals surface area contributed by atoms with Crippen LogP contribution < -0.4 is 11.0 Å². The molecule has 0 aliphatic rings. The summed E-state index contributed by atoms with van der Waals surface area (Å²) < 4.78 is 10.3. The molecule has 0 aromatic rings. The van der Waals surface area contributed by atoms with Crippen LogP contribution in [0.2, 0.25) is 0 Å². The zero-order valence-electron chi connectivity index (χ0n) is 7.42. The molecule has 2 radical (unpaired) electrons. The van der Waals surface area contributed by atoms with Crippen molar-refractivity contribution < 1.29 is 9.47 Å². The van der Waals surface area contributed by atoms with Gasteiger partial charge in [0, 0.05) is 26.3 Å². The molecule has 5 heteroatoms. The van der Waals surface area contributed by atoms with Crippen LogP contribution in [0.5, 0.6) is 0 Å². The van der Waals surface area contributed by atoms with Gasteiger partial charge in [0.2, 0.25) is 0 Å². The van der Waals surface area contributed by atoms with Crippen molar-refractivity contribution in [2.75, 3.05) is 39.5 Å². The Morgan fingerprint density at radius 2 is 1.75 bits per heavy atom. The summed E-state index contributed by atoms with van der Waals surface area (Å²) in [6, 6.07) is 0. The van der Waals surface area contributed by atoms with E-state index in [0.717, 1.165) is 6.42 Å². The standard InChI is InChI=1S/C7H17BN2O2/c8-10-3-7-12-5-1-4-11-6-2-9/h10H,1-7,9H2. The van der Waals surface area contributed by atoms with Crippen LogP contribution in [-0.2, 0) is 9.47 Å². The molecule has 0 bridgehead atoms. The van der Waals surface area contributed by atoms with E-state index in [4.69, 9.17) is 23.2 Å². The summed E-state index contributed by atoms with van der Waals surface area (Å²) in [6.07, 6.45) is 0.907. The lowest BCUT2D eigenvalue weighted by molar-refractivity contribution is 0.0882. The van der Waals surface area contributed by atoms with Gasteiger partial charge >= 0.3 is 0 Å². The third-order valence-corrected chi connectivity index (χ3v) is 1.23. The molecular formula is C7H17BN2O2. The summed E-state index contributed by atoms with van der Waals surface area (Å²) in [4.78, 5) is 0. The molecule has 0 saturated heterocycles. The van der Waals surface area contributed by atoms with Crippen LogP contribution in [0.25, 0.3) is 0 Å². The fourth-order valence-electron chi connectivity index (χ4n) is 0.682. The Bertz CT molecular complexity index is 75.8. The minimum absolute atomic E-state index is 0.581. The highest BCUT2D eigenvalue weighted by atomic mass is 16.5. The molecule has 0 spiro atoms. The van der Waals surface area contributed by atoms with Gasteiger partial charge in [0.15, 0.2) is 7.98 Å². The third-order valence-electron chi connectivity index (χ3n) is 1.23. The summed E-state index contributed by atoms with van der Waals surface area (Å²) >= 11 is 0. The third kappa shape index (κ3) is 9.90. The van der Waals surface area contributed by atoms with E-state index in [9.17, 15) is 0 Å². The molecule has 0 aliphatic carbocycles. The van der Waals surface area contributed by atoms with Crippen LogP contribution in [0.3, 0.4) is 0 Å². The van der Waals surface area contributed by atoms with Crippen molar-refractivity contribution in [1.29, 1.82) is 0 Å². The van der Waals surface area contributed by atoms with E-state index < -0.39 is 0 Å². The highest BCUT2D eigenvalue weighted by Crippen LogP contribution is 1.83. The topological polar surface area (TPSA) is 56.5 Å². The predicted molar refractivity (Wildman–Crippen MR) is 49.1 cm³/mol. The van der Waals surface area contributed by atoms with Crippen LogP contribution in [0.4, 0.5) is 0 Å². The molecule has 3 N–H and O–H groups in total. The molecule has 4 nitrogen and oxygen atoms in total. The van der Waals surface area contributed by atoms with Crippen LogP contribution in [-0.4, -0.2) is 47.5 Å². The fraction of sp³-hybridized carbons (Fsp3) is 1.00. The van der Waals surface area contributed by atoms with Crippen molar-refractivity contribution in [2.24, 2.45) is 5.73 Å². The molecule has 0 saturated carbocycles. The van der Waals surface area contributed by atoms with Gasteiger partial charge in [-0.25, -0.2) is 0 Å². The molecular weight excluding hydrogens is 155 g/mol. The summed E-state index contributed by atoms with van der Waals surface area (Å²) in [7, 11) is 5.04. The molecule has 0 aromatic carbocycles. The first kappa shape index (κ1) is 11.9. The summed E-state index contributed by atoms with van der Waals surface area (Å²) in [6.45, 7) is 3.97. The number of hydrogen-bond donors (Lipinski definition) is 2. The molecule has 0 amide bonds. The summed E-state index contributed by atoms with van der Waals surface area (Å²) in [5, 5.41) is 2.51. The maximum absolute atomic E-state index is 5.23. The molecule has 0 atom stereocenters. The van der Waals surface area contributed by atoms with E-state index in [1.54, 1.807) is 0 Å². The highest BCUT2D eigenvalue weighted by molar-refractivity contribution is 6.04. The lowest BCUT2D eigenvalue weighted by atomic mass is 10.4. The normalized spacial score (nSPS) is 10.4. The first-order chi connectivity index (χ1) is 5.91. The van der Waals surface area contributed by atoms with E-state index >= 15 is 0 Å². The molecule has 0 aromatic heterocycles. The zero-order chi connectivity index (χ0) is 9.07. The lowest BCUT2D eigenvalue weighted by Crippen LogP contribution is -2.16. The van der Waals surface area contributed by atoms with Crippen LogP contribution >= 0.6 is 0 Å². The van der Waals surface area contributed by atoms with Gasteiger partial charge in [0.05, 0.1) is 13.2 Å². The van der Waals surface area contributed by atoms with Gasteiger partial charge in [0.1, 0.15) is 0 Å². The second-order valence-corrected chi connectivity index (χ2v) is 2.32. The number of ether oxygens (including phenoxy) is 2. The van der Waals surface area contributed by atoms with E-state index in [-0.39, 0.29) is 0 Å².